The van der Waals surface area contributed by atoms with Crippen LogP contribution in [0.3, 0.4) is 0 Å². The van der Waals surface area contributed by atoms with E-state index in [0.717, 1.165) is 16.9 Å². The molecule has 132 valence electrons. The Morgan fingerprint density at radius 2 is 1.96 bits per heavy atom. The predicted molar refractivity (Wildman–Crippen MR) is 97.9 cm³/mol. The predicted octanol–water partition coefficient (Wildman–Crippen LogP) is 4.18. The normalized spacial score (nSPS) is 19.3. The van der Waals surface area contributed by atoms with Crippen molar-refractivity contribution in [3.63, 3.8) is 0 Å². The van der Waals surface area contributed by atoms with Gasteiger partial charge in [0, 0.05) is 12.0 Å². The van der Waals surface area contributed by atoms with Crippen LogP contribution < -0.4 is 14.8 Å². The van der Waals surface area contributed by atoms with E-state index < -0.39 is 6.10 Å². The number of carbonyl (C=O) groups is 1. The standard InChI is InChI=1S/C21H25NO3/c1-14-10-11-17-18(13-21(3,4)25-19(17)12-14)22-20(23)15(2)24-16-8-6-5-7-9-16/h5-12,15,18H,13H2,1-4H3,(H,22,23)/t15-,18+/m1/s1. The largest absolute Gasteiger partial charge is 0.487 e. The van der Waals surface area contributed by atoms with E-state index in [1.807, 2.05) is 69.3 Å². The Balaban J connectivity index is 1.74. The average Bonchev–Trinajstić information content (AvgIpc) is 2.54. The zero-order chi connectivity index (χ0) is 18.0. The van der Waals surface area contributed by atoms with Gasteiger partial charge < -0.3 is 14.8 Å². The van der Waals surface area contributed by atoms with Crippen molar-refractivity contribution in [2.24, 2.45) is 0 Å². The maximum absolute atomic E-state index is 12.6. The molecule has 2 aromatic rings. The van der Waals surface area contributed by atoms with Crippen molar-refractivity contribution < 1.29 is 14.3 Å². The summed E-state index contributed by atoms with van der Waals surface area (Å²) >= 11 is 0. The number of hydrogen-bond acceptors (Lipinski definition) is 3. The van der Waals surface area contributed by atoms with Gasteiger partial charge >= 0.3 is 0 Å². The maximum atomic E-state index is 12.6. The van der Waals surface area contributed by atoms with Crippen LogP contribution in [0.2, 0.25) is 0 Å². The minimum Gasteiger partial charge on any atom is -0.487 e. The molecule has 0 spiro atoms. The first-order chi connectivity index (χ1) is 11.8. The van der Waals surface area contributed by atoms with Crippen LogP contribution in [0.15, 0.2) is 48.5 Å². The minimum atomic E-state index is -0.567. The van der Waals surface area contributed by atoms with Crippen LogP contribution in [0.1, 0.15) is 44.4 Å². The Kier molecular flexibility index (Phi) is 4.71. The lowest BCUT2D eigenvalue weighted by molar-refractivity contribution is -0.128. The van der Waals surface area contributed by atoms with Crippen molar-refractivity contribution in [2.45, 2.75) is 51.9 Å². The molecule has 1 heterocycles. The fourth-order valence-electron chi connectivity index (χ4n) is 3.13. The molecule has 2 atom stereocenters. The van der Waals surface area contributed by atoms with Crippen molar-refractivity contribution in [3.05, 3.63) is 59.7 Å². The SMILES string of the molecule is Cc1ccc2c(c1)OC(C)(C)C[C@@H]2NC(=O)[C@@H](C)Oc1ccccc1. The molecule has 0 unspecified atom stereocenters. The molecular formula is C21H25NO3. The Morgan fingerprint density at radius 1 is 1.24 bits per heavy atom. The molecule has 0 bridgehead atoms. The summed E-state index contributed by atoms with van der Waals surface area (Å²) < 4.78 is 11.8. The third-order valence-corrected chi connectivity index (χ3v) is 4.37. The molecule has 1 N–H and O–H groups in total. The number of nitrogens with one attached hydrogen (secondary N) is 1. The molecular weight excluding hydrogens is 314 g/mol. The number of para-hydroxylation sites is 1. The molecule has 3 rings (SSSR count). The second-order valence-corrected chi connectivity index (χ2v) is 7.24. The third-order valence-electron chi connectivity index (χ3n) is 4.37. The molecule has 0 radical (unpaired) electrons. The van der Waals surface area contributed by atoms with Gasteiger partial charge in [0.05, 0.1) is 6.04 Å². The lowest BCUT2D eigenvalue weighted by Crippen LogP contribution is -2.44. The highest BCUT2D eigenvalue weighted by Crippen LogP contribution is 2.39. The second-order valence-electron chi connectivity index (χ2n) is 7.24. The first-order valence-corrected chi connectivity index (χ1v) is 8.66. The molecule has 0 aliphatic carbocycles. The molecule has 1 amide bonds. The topological polar surface area (TPSA) is 47.6 Å². The van der Waals surface area contributed by atoms with Gasteiger partial charge in [0.1, 0.15) is 17.1 Å². The summed E-state index contributed by atoms with van der Waals surface area (Å²) in [6.45, 7) is 7.89. The molecule has 25 heavy (non-hydrogen) atoms. The van der Waals surface area contributed by atoms with Gasteiger partial charge in [-0.25, -0.2) is 0 Å². The number of hydrogen-bond donors (Lipinski definition) is 1. The van der Waals surface area contributed by atoms with Crippen molar-refractivity contribution in [1.29, 1.82) is 0 Å². The quantitative estimate of drug-likeness (QED) is 0.909. The molecule has 1 aliphatic heterocycles. The fraction of sp³-hybridized carbons (Fsp3) is 0.381. The van der Waals surface area contributed by atoms with E-state index in [2.05, 4.69) is 5.32 Å². The van der Waals surface area contributed by atoms with Crippen LogP contribution in [0.4, 0.5) is 0 Å². The van der Waals surface area contributed by atoms with Crippen LogP contribution in [-0.2, 0) is 4.79 Å². The van der Waals surface area contributed by atoms with Crippen molar-refractivity contribution in [1.82, 2.24) is 5.32 Å². The number of benzene rings is 2. The van der Waals surface area contributed by atoms with E-state index >= 15 is 0 Å². The lowest BCUT2D eigenvalue weighted by Gasteiger charge is -2.38. The average molecular weight is 339 g/mol. The van der Waals surface area contributed by atoms with Crippen molar-refractivity contribution >= 4 is 5.91 Å². The summed E-state index contributed by atoms with van der Waals surface area (Å²) in [7, 11) is 0. The zero-order valence-corrected chi connectivity index (χ0v) is 15.2. The number of fused-ring (bicyclic) bond motifs is 1. The minimum absolute atomic E-state index is 0.0892. The Hall–Kier alpha value is -2.49. The summed E-state index contributed by atoms with van der Waals surface area (Å²) in [5.41, 5.74) is 1.83. The first-order valence-electron chi connectivity index (χ1n) is 8.66. The highest BCUT2D eigenvalue weighted by molar-refractivity contribution is 5.81. The lowest BCUT2D eigenvalue weighted by atomic mass is 9.89. The highest BCUT2D eigenvalue weighted by atomic mass is 16.5. The molecule has 0 aromatic heterocycles. The Morgan fingerprint density at radius 3 is 2.68 bits per heavy atom. The van der Waals surface area contributed by atoms with Gasteiger partial charge in [-0.3, -0.25) is 4.79 Å². The summed E-state index contributed by atoms with van der Waals surface area (Å²) in [4.78, 5) is 12.6. The van der Waals surface area contributed by atoms with Gasteiger partial charge in [-0.15, -0.1) is 0 Å². The molecule has 0 saturated carbocycles. The van der Waals surface area contributed by atoms with Gasteiger partial charge in [-0.2, -0.15) is 0 Å². The van der Waals surface area contributed by atoms with E-state index in [4.69, 9.17) is 9.47 Å². The van der Waals surface area contributed by atoms with Crippen molar-refractivity contribution in [2.75, 3.05) is 0 Å². The van der Waals surface area contributed by atoms with E-state index in [1.165, 1.54) is 0 Å². The molecule has 2 aromatic carbocycles. The van der Waals surface area contributed by atoms with Gasteiger partial charge in [-0.1, -0.05) is 30.3 Å². The summed E-state index contributed by atoms with van der Waals surface area (Å²) in [5, 5.41) is 3.13. The van der Waals surface area contributed by atoms with Crippen LogP contribution in [0, 0.1) is 6.92 Å². The zero-order valence-electron chi connectivity index (χ0n) is 15.2. The number of amides is 1. The molecule has 0 saturated heterocycles. The van der Waals surface area contributed by atoms with Crippen LogP contribution in [0.5, 0.6) is 11.5 Å². The van der Waals surface area contributed by atoms with Gasteiger partial charge in [-0.05, 0) is 51.5 Å². The summed E-state index contributed by atoms with van der Waals surface area (Å²) in [6, 6.07) is 15.4. The smallest absolute Gasteiger partial charge is 0.261 e. The van der Waals surface area contributed by atoms with Gasteiger partial charge in [0.15, 0.2) is 6.10 Å². The van der Waals surface area contributed by atoms with Crippen molar-refractivity contribution in [3.8, 4) is 11.5 Å². The van der Waals surface area contributed by atoms with E-state index in [-0.39, 0.29) is 17.6 Å². The molecule has 1 aliphatic rings. The first kappa shape index (κ1) is 17.3. The van der Waals surface area contributed by atoms with E-state index in [0.29, 0.717) is 12.2 Å². The highest BCUT2D eigenvalue weighted by Gasteiger charge is 2.35. The molecule has 4 nitrogen and oxygen atoms in total. The third kappa shape index (κ3) is 4.13. The van der Waals surface area contributed by atoms with Crippen LogP contribution >= 0.6 is 0 Å². The summed E-state index contributed by atoms with van der Waals surface area (Å²) in [5.74, 6) is 1.41. The number of carbonyl (C=O) groups excluding carboxylic acids is 1. The molecule has 0 fully saturated rings. The summed E-state index contributed by atoms with van der Waals surface area (Å²) in [6.07, 6.45) is 0.148. The fourth-order valence-corrected chi connectivity index (χ4v) is 3.13. The number of rotatable bonds is 4. The molecule has 4 heteroatoms. The number of aryl methyl sites for hydroxylation is 1. The van der Waals surface area contributed by atoms with E-state index in [9.17, 15) is 4.79 Å². The van der Waals surface area contributed by atoms with Crippen LogP contribution in [-0.4, -0.2) is 17.6 Å². The van der Waals surface area contributed by atoms with Crippen LogP contribution in [0.25, 0.3) is 0 Å². The Labute approximate surface area is 149 Å². The Bertz CT molecular complexity index is 755. The monoisotopic (exact) mass is 339 g/mol. The maximum Gasteiger partial charge on any atom is 0.261 e. The second kappa shape index (κ2) is 6.79. The van der Waals surface area contributed by atoms with Gasteiger partial charge in [0.2, 0.25) is 0 Å². The van der Waals surface area contributed by atoms with Gasteiger partial charge in [0.25, 0.3) is 5.91 Å². The van der Waals surface area contributed by atoms with E-state index in [1.54, 1.807) is 6.92 Å². The number of ether oxygens (including phenoxy) is 2.